The van der Waals surface area contributed by atoms with E-state index >= 15 is 0 Å². The molecule has 0 bridgehead atoms. The number of rotatable bonds is 7. The van der Waals surface area contributed by atoms with E-state index in [0.29, 0.717) is 19.8 Å². The van der Waals surface area contributed by atoms with Gasteiger partial charge in [-0.2, -0.15) is 5.10 Å². The highest BCUT2D eigenvalue weighted by atomic mass is 16.5. The van der Waals surface area contributed by atoms with E-state index in [1.54, 1.807) is 0 Å². The quantitative estimate of drug-likeness (QED) is 0.522. The van der Waals surface area contributed by atoms with Crippen molar-refractivity contribution >= 4 is 5.91 Å². The number of nitrogens with one attached hydrogen (secondary N) is 1. The maximum absolute atomic E-state index is 11.3. The van der Waals surface area contributed by atoms with Gasteiger partial charge in [-0.05, 0) is 6.92 Å². The van der Waals surface area contributed by atoms with Crippen LogP contribution in [0.5, 0.6) is 0 Å². The van der Waals surface area contributed by atoms with E-state index in [9.17, 15) is 4.79 Å². The van der Waals surface area contributed by atoms with E-state index in [4.69, 9.17) is 4.74 Å². The van der Waals surface area contributed by atoms with Gasteiger partial charge in [-0.15, -0.1) is 0 Å². The predicted molar refractivity (Wildman–Crippen MR) is 58.7 cm³/mol. The molecule has 0 atom stereocenters. The van der Waals surface area contributed by atoms with Crippen molar-refractivity contribution in [2.75, 3.05) is 19.8 Å². The van der Waals surface area contributed by atoms with Crippen molar-refractivity contribution in [3.63, 3.8) is 0 Å². The van der Waals surface area contributed by atoms with Crippen LogP contribution in [0.1, 0.15) is 6.92 Å². The van der Waals surface area contributed by atoms with Crippen molar-refractivity contribution in [2.24, 2.45) is 0 Å². The molecule has 1 aromatic rings. The number of hydrogen-bond acceptors (Lipinski definition) is 4. The first kappa shape index (κ1) is 12.4. The Labute approximate surface area is 94.3 Å². The normalized spacial score (nSPS) is 10.1. The van der Waals surface area contributed by atoms with Crippen molar-refractivity contribution in [3.8, 4) is 0 Å². The van der Waals surface area contributed by atoms with Crippen LogP contribution >= 0.6 is 0 Å². The smallest absolute Gasteiger partial charge is 0.241 e. The monoisotopic (exact) mass is 224 g/mol. The molecular formula is C10H16N4O2. The summed E-state index contributed by atoms with van der Waals surface area (Å²) >= 11 is 0. The lowest BCUT2D eigenvalue weighted by Crippen LogP contribution is -2.30. The maximum atomic E-state index is 11.3. The molecule has 0 aliphatic rings. The number of carbonyl (C=O) groups excluding carboxylic acids is 1. The van der Waals surface area contributed by atoms with E-state index in [-0.39, 0.29) is 12.5 Å². The first-order valence-corrected chi connectivity index (χ1v) is 4.99. The van der Waals surface area contributed by atoms with Crippen molar-refractivity contribution in [1.82, 2.24) is 20.1 Å². The number of hydrogen-bond donors (Lipinski definition) is 1. The molecule has 1 amide bonds. The second kappa shape index (κ2) is 6.73. The number of amides is 1. The number of nitrogens with zero attached hydrogens (tertiary/aromatic N) is 3. The Morgan fingerprint density at radius 3 is 3.06 bits per heavy atom. The highest BCUT2D eigenvalue weighted by Crippen LogP contribution is 1.86. The summed E-state index contributed by atoms with van der Waals surface area (Å²) < 4.78 is 6.69. The lowest BCUT2D eigenvalue weighted by molar-refractivity contribution is -0.122. The SMILES string of the molecule is C=C(C)COCCNC(=O)Cn1cncn1. The van der Waals surface area contributed by atoms with E-state index in [0.717, 1.165) is 5.57 Å². The minimum atomic E-state index is -0.107. The van der Waals surface area contributed by atoms with Crippen LogP contribution in [-0.4, -0.2) is 40.4 Å². The highest BCUT2D eigenvalue weighted by molar-refractivity contribution is 5.75. The van der Waals surface area contributed by atoms with Crippen LogP contribution < -0.4 is 5.32 Å². The molecule has 0 saturated heterocycles. The molecule has 0 aliphatic carbocycles. The summed E-state index contributed by atoms with van der Waals surface area (Å²) in [5.74, 6) is -0.107. The zero-order valence-corrected chi connectivity index (χ0v) is 9.35. The molecule has 1 aromatic heterocycles. The Hall–Kier alpha value is -1.69. The summed E-state index contributed by atoms with van der Waals surface area (Å²) in [4.78, 5) is 15.1. The minimum Gasteiger partial charge on any atom is -0.375 e. The van der Waals surface area contributed by atoms with Gasteiger partial charge in [0, 0.05) is 6.54 Å². The molecule has 1 heterocycles. The highest BCUT2D eigenvalue weighted by Gasteiger charge is 2.01. The molecule has 16 heavy (non-hydrogen) atoms. The van der Waals surface area contributed by atoms with E-state index < -0.39 is 0 Å². The molecular weight excluding hydrogens is 208 g/mol. The minimum absolute atomic E-state index is 0.107. The summed E-state index contributed by atoms with van der Waals surface area (Å²) in [6.45, 7) is 7.28. The van der Waals surface area contributed by atoms with Crippen LogP contribution in [0.2, 0.25) is 0 Å². The molecule has 0 spiro atoms. The van der Waals surface area contributed by atoms with Gasteiger partial charge in [0.1, 0.15) is 19.2 Å². The first-order valence-electron chi connectivity index (χ1n) is 4.99. The van der Waals surface area contributed by atoms with E-state index in [1.165, 1.54) is 17.3 Å². The van der Waals surface area contributed by atoms with Crippen LogP contribution in [0.3, 0.4) is 0 Å². The van der Waals surface area contributed by atoms with Crippen LogP contribution in [-0.2, 0) is 16.1 Å². The topological polar surface area (TPSA) is 69.0 Å². The maximum Gasteiger partial charge on any atom is 0.241 e. The molecule has 0 aromatic carbocycles. The molecule has 0 aliphatic heterocycles. The van der Waals surface area contributed by atoms with Crippen molar-refractivity contribution in [1.29, 1.82) is 0 Å². The molecule has 0 fully saturated rings. The molecule has 1 N–H and O–H groups in total. The Bertz CT molecular complexity index is 335. The largest absolute Gasteiger partial charge is 0.375 e. The zero-order chi connectivity index (χ0) is 11.8. The lowest BCUT2D eigenvalue weighted by Gasteiger charge is -2.06. The van der Waals surface area contributed by atoms with Gasteiger partial charge >= 0.3 is 0 Å². The van der Waals surface area contributed by atoms with E-state index in [2.05, 4.69) is 22.0 Å². The fourth-order valence-electron chi connectivity index (χ4n) is 1.03. The number of aromatic nitrogens is 3. The van der Waals surface area contributed by atoms with Crippen LogP contribution in [0.15, 0.2) is 24.8 Å². The van der Waals surface area contributed by atoms with Crippen molar-refractivity contribution in [2.45, 2.75) is 13.5 Å². The van der Waals surface area contributed by atoms with Crippen molar-refractivity contribution in [3.05, 3.63) is 24.8 Å². The molecule has 0 saturated carbocycles. The van der Waals surface area contributed by atoms with E-state index in [1.807, 2.05) is 6.92 Å². The summed E-state index contributed by atoms with van der Waals surface area (Å²) in [6, 6.07) is 0. The molecule has 1 rings (SSSR count). The van der Waals surface area contributed by atoms with Crippen LogP contribution in [0, 0.1) is 0 Å². The number of carbonyl (C=O) groups is 1. The Kier molecular flexibility index (Phi) is 5.21. The lowest BCUT2D eigenvalue weighted by atomic mass is 10.4. The molecule has 6 heteroatoms. The average Bonchev–Trinajstić information content (AvgIpc) is 2.69. The second-order valence-corrected chi connectivity index (χ2v) is 3.45. The third kappa shape index (κ3) is 5.26. The van der Waals surface area contributed by atoms with Crippen LogP contribution in [0.4, 0.5) is 0 Å². The third-order valence-corrected chi connectivity index (χ3v) is 1.69. The van der Waals surface area contributed by atoms with Crippen LogP contribution in [0.25, 0.3) is 0 Å². The van der Waals surface area contributed by atoms with Gasteiger partial charge in [0.25, 0.3) is 0 Å². The van der Waals surface area contributed by atoms with Gasteiger partial charge in [0.2, 0.25) is 5.91 Å². The third-order valence-electron chi connectivity index (χ3n) is 1.69. The Morgan fingerprint density at radius 2 is 2.44 bits per heavy atom. The number of ether oxygens (including phenoxy) is 1. The first-order chi connectivity index (χ1) is 7.68. The predicted octanol–water partition coefficient (Wildman–Crippen LogP) is -0.0130. The van der Waals surface area contributed by atoms with Gasteiger partial charge in [0.15, 0.2) is 0 Å². The average molecular weight is 224 g/mol. The second-order valence-electron chi connectivity index (χ2n) is 3.45. The summed E-state index contributed by atoms with van der Waals surface area (Å²) in [6.07, 6.45) is 2.89. The van der Waals surface area contributed by atoms with Gasteiger partial charge in [-0.3, -0.25) is 4.79 Å². The van der Waals surface area contributed by atoms with Crippen molar-refractivity contribution < 1.29 is 9.53 Å². The zero-order valence-electron chi connectivity index (χ0n) is 9.35. The fourth-order valence-corrected chi connectivity index (χ4v) is 1.03. The van der Waals surface area contributed by atoms with Gasteiger partial charge < -0.3 is 10.1 Å². The van der Waals surface area contributed by atoms with Gasteiger partial charge in [0.05, 0.1) is 13.2 Å². The van der Waals surface area contributed by atoms with Gasteiger partial charge in [-0.25, -0.2) is 9.67 Å². The molecule has 88 valence electrons. The molecule has 0 unspecified atom stereocenters. The molecule has 6 nitrogen and oxygen atoms in total. The standard InChI is InChI=1S/C10H16N4O2/c1-9(2)6-16-4-3-12-10(15)5-14-8-11-7-13-14/h7-8H,1,3-6H2,2H3,(H,12,15). The Morgan fingerprint density at radius 1 is 1.62 bits per heavy atom. The summed E-state index contributed by atoms with van der Waals surface area (Å²) in [5, 5.41) is 6.54. The Balaban J connectivity index is 2.05. The summed E-state index contributed by atoms with van der Waals surface area (Å²) in [7, 11) is 0. The fraction of sp³-hybridized carbons (Fsp3) is 0.500. The molecule has 0 radical (unpaired) electrons. The van der Waals surface area contributed by atoms with Gasteiger partial charge in [-0.1, -0.05) is 12.2 Å². The summed E-state index contributed by atoms with van der Waals surface area (Å²) in [5.41, 5.74) is 0.967.